The number of hydrogen-bond acceptors (Lipinski definition) is 3. The minimum Gasteiger partial charge on any atom is -0.480 e. The van der Waals surface area contributed by atoms with E-state index < -0.39 is 5.97 Å². The molecule has 0 aliphatic heterocycles. The normalized spacial score (nSPS) is 13.8. The molecule has 0 spiro atoms. The molecular formula is C15H13Cl2N3O3. The molecule has 1 amide bonds. The lowest BCUT2D eigenvalue weighted by Gasteiger charge is -2.18. The predicted molar refractivity (Wildman–Crippen MR) is 85.3 cm³/mol. The van der Waals surface area contributed by atoms with E-state index in [1.165, 1.54) is 9.58 Å². The second kappa shape index (κ2) is 6.22. The Labute approximate surface area is 142 Å². The number of rotatable bonds is 5. The number of carbonyl (C=O) groups excluding carboxylic acids is 1. The Hall–Kier alpha value is -2.05. The Bertz CT molecular complexity index is 771. The molecule has 0 radical (unpaired) electrons. The smallest absolute Gasteiger partial charge is 0.323 e. The van der Waals surface area contributed by atoms with Crippen LogP contribution in [0.15, 0.2) is 30.5 Å². The van der Waals surface area contributed by atoms with Gasteiger partial charge < -0.3 is 10.0 Å². The van der Waals surface area contributed by atoms with Crippen LogP contribution in [-0.2, 0) is 4.79 Å². The summed E-state index contributed by atoms with van der Waals surface area (Å²) in [5, 5.41) is 14.0. The number of aromatic nitrogens is 2. The maximum absolute atomic E-state index is 12.5. The largest absolute Gasteiger partial charge is 0.480 e. The van der Waals surface area contributed by atoms with E-state index >= 15 is 0 Å². The van der Waals surface area contributed by atoms with E-state index in [1.807, 2.05) is 0 Å². The number of benzene rings is 1. The highest BCUT2D eigenvalue weighted by atomic mass is 35.5. The van der Waals surface area contributed by atoms with Gasteiger partial charge in [0, 0.05) is 12.2 Å². The van der Waals surface area contributed by atoms with Crippen LogP contribution in [0.4, 0.5) is 0 Å². The van der Waals surface area contributed by atoms with Gasteiger partial charge in [0.25, 0.3) is 5.91 Å². The Morgan fingerprint density at radius 2 is 2.00 bits per heavy atom. The fourth-order valence-corrected chi connectivity index (χ4v) is 2.55. The number of carboxylic acids is 1. The number of carboxylic acid groups (broad SMARTS) is 1. The van der Waals surface area contributed by atoms with Crippen LogP contribution < -0.4 is 0 Å². The van der Waals surface area contributed by atoms with E-state index in [9.17, 15) is 9.59 Å². The molecule has 1 aromatic heterocycles. The molecule has 1 heterocycles. The van der Waals surface area contributed by atoms with E-state index in [1.54, 1.807) is 30.5 Å². The van der Waals surface area contributed by atoms with Gasteiger partial charge in [-0.15, -0.1) is 0 Å². The van der Waals surface area contributed by atoms with Crippen LogP contribution in [0.2, 0.25) is 10.0 Å². The standard InChI is InChI=1S/C15H13Cl2N3O3/c16-11-4-3-10(7-12(11)17)20-6-5-13(18-20)15(23)19(8-14(21)22)9-1-2-9/h3-7,9H,1-2,8H2,(H,21,22). The molecule has 0 atom stereocenters. The Morgan fingerprint density at radius 1 is 1.26 bits per heavy atom. The molecule has 23 heavy (non-hydrogen) atoms. The van der Waals surface area contributed by atoms with Gasteiger partial charge in [-0.1, -0.05) is 23.2 Å². The minimum absolute atomic E-state index is 0.00581. The van der Waals surface area contributed by atoms with Crippen LogP contribution >= 0.6 is 23.2 Å². The number of nitrogens with zero attached hydrogens (tertiary/aromatic N) is 3. The molecule has 1 aliphatic rings. The fourth-order valence-electron chi connectivity index (χ4n) is 2.26. The van der Waals surface area contributed by atoms with Crippen LogP contribution in [0, 0.1) is 0 Å². The van der Waals surface area contributed by atoms with Gasteiger partial charge in [-0.2, -0.15) is 5.10 Å². The van der Waals surface area contributed by atoms with Crippen LogP contribution in [0.1, 0.15) is 23.3 Å². The first-order valence-corrected chi connectivity index (χ1v) is 7.75. The molecule has 2 aromatic rings. The number of amides is 1. The summed E-state index contributed by atoms with van der Waals surface area (Å²) in [5.74, 6) is -1.41. The zero-order valence-electron chi connectivity index (χ0n) is 11.9. The average Bonchev–Trinajstić information content (AvgIpc) is 3.23. The van der Waals surface area contributed by atoms with E-state index in [0.29, 0.717) is 15.7 Å². The first-order valence-electron chi connectivity index (χ1n) is 6.99. The fraction of sp³-hybridized carbons (Fsp3) is 0.267. The van der Waals surface area contributed by atoms with Gasteiger partial charge in [0.2, 0.25) is 0 Å². The number of halogens is 2. The second-order valence-corrected chi connectivity index (χ2v) is 6.12. The number of carbonyl (C=O) groups is 2. The predicted octanol–water partition coefficient (Wildman–Crippen LogP) is 2.87. The third kappa shape index (κ3) is 3.48. The Morgan fingerprint density at radius 3 is 2.61 bits per heavy atom. The van der Waals surface area contributed by atoms with Crippen molar-refractivity contribution >= 4 is 35.1 Å². The SMILES string of the molecule is O=C(O)CN(C(=O)c1ccn(-c2ccc(Cl)c(Cl)c2)n1)C1CC1. The van der Waals surface area contributed by atoms with Crippen LogP contribution in [-0.4, -0.2) is 44.3 Å². The van der Waals surface area contributed by atoms with Gasteiger partial charge in [-0.3, -0.25) is 9.59 Å². The molecule has 0 saturated heterocycles. The molecule has 1 fully saturated rings. The third-order valence-electron chi connectivity index (χ3n) is 3.53. The van der Waals surface area contributed by atoms with Gasteiger partial charge >= 0.3 is 5.97 Å². The summed E-state index contributed by atoms with van der Waals surface area (Å²) in [7, 11) is 0. The molecule has 1 aliphatic carbocycles. The first-order chi connectivity index (χ1) is 11.0. The summed E-state index contributed by atoms with van der Waals surface area (Å²) < 4.78 is 1.50. The summed E-state index contributed by atoms with van der Waals surface area (Å²) in [6, 6.07) is 6.56. The Kier molecular flexibility index (Phi) is 4.28. The molecule has 1 aromatic carbocycles. The van der Waals surface area contributed by atoms with Crippen molar-refractivity contribution in [3.8, 4) is 5.69 Å². The quantitative estimate of drug-likeness (QED) is 0.896. The van der Waals surface area contributed by atoms with E-state index in [-0.39, 0.29) is 24.2 Å². The van der Waals surface area contributed by atoms with Crippen molar-refractivity contribution in [2.45, 2.75) is 18.9 Å². The molecule has 1 saturated carbocycles. The molecule has 8 heteroatoms. The lowest BCUT2D eigenvalue weighted by Crippen LogP contribution is -2.37. The molecule has 0 unspecified atom stereocenters. The van der Waals surface area contributed by atoms with Gasteiger partial charge in [-0.05, 0) is 37.1 Å². The number of aliphatic carboxylic acids is 1. The lowest BCUT2D eigenvalue weighted by molar-refractivity contribution is -0.137. The first kappa shape index (κ1) is 15.8. The summed E-state index contributed by atoms with van der Waals surface area (Å²) in [6.07, 6.45) is 3.28. The highest BCUT2D eigenvalue weighted by Crippen LogP contribution is 2.28. The lowest BCUT2D eigenvalue weighted by atomic mass is 10.3. The topological polar surface area (TPSA) is 75.4 Å². The Balaban J connectivity index is 1.84. The van der Waals surface area contributed by atoms with Crippen LogP contribution in [0.25, 0.3) is 5.69 Å². The zero-order chi connectivity index (χ0) is 16.6. The second-order valence-electron chi connectivity index (χ2n) is 5.30. The monoisotopic (exact) mass is 353 g/mol. The summed E-state index contributed by atoms with van der Waals surface area (Å²) in [6.45, 7) is -0.316. The van der Waals surface area contributed by atoms with Crippen molar-refractivity contribution in [2.24, 2.45) is 0 Å². The van der Waals surface area contributed by atoms with Crippen LogP contribution in [0.3, 0.4) is 0 Å². The van der Waals surface area contributed by atoms with E-state index in [4.69, 9.17) is 28.3 Å². The molecule has 120 valence electrons. The summed E-state index contributed by atoms with van der Waals surface area (Å²) in [4.78, 5) is 24.7. The van der Waals surface area contributed by atoms with Gasteiger partial charge in [0.1, 0.15) is 6.54 Å². The highest BCUT2D eigenvalue weighted by Gasteiger charge is 2.35. The minimum atomic E-state index is -1.03. The maximum atomic E-state index is 12.5. The van der Waals surface area contributed by atoms with Crippen molar-refractivity contribution in [2.75, 3.05) is 6.54 Å². The average molecular weight is 354 g/mol. The van der Waals surface area contributed by atoms with E-state index in [2.05, 4.69) is 5.10 Å². The summed E-state index contributed by atoms with van der Waals surface area (Å²) >= 11 is 11.9. The van der Waals surface area contributed by atoms with Crippen molar-refractivity contribution in [3.05, 3.63) is 46.2 Å². The van der Waals surface area contributed by atoms with Gasteiger partial charge in [-0.25, -0.2) is 4.68 Å². The van der Waals surface area contributed by atoms with Crippen molar-refractivity contribution in [1.82, 2.24) is 14.7 Å². The maximum Gasteiger partial charge on any atom is 0.323 e. The summed E-state index contributed by atoms with van der Waals surface area (Å²) in [5.41, 5.74) is 0.860. The molecule has 3 rings (SSSR count). The molecular weight excluding hydrogens is 341 g/mol. The third-order valence-corrected chi connectivity index (χ3v) is 4.27. The van der Waals surface area contributed by atoms with Crippen molar-refractivity contribution in [1.29, 1.82) is 0 Å². The number of hydrogen-bond donors (Lipinski definition) is 1. The highest BCUT2D eigenvalue weighted by molar-refractivity contribution is 6.42. The zero-order valence-corrected chi connectivity index (χ0v) is 13.5. The van der Waals surface area contributed by atoms with Gasteiger partial charge in [0.15, 0.2) is 5.69 Å². The van der Waals surface area contributed by atoms with Crippen LogP contribution in [0.5, 0.6) is 0 Å². The van der Waals surface area contributed by atoms with Gasteiger partial charge in [0.05, 0.1) is 15.7 Å². The van der Waals surface area contributed by atoms with Crippen molar-refractivity contribution in [3.63, 3.8) is 0 Å². The molecule has 0 bridgehead atoms. The van der Waals surface area contributed by atoms with E-state index in [0.717, 1.165) is 12.8 Å². The molecule has 1 N–H and O–H groups in total. The molecule has 6 nitrogen and oxygen atoms in total. The van der Waals surface area contributed by atoms with Crippen molar-refractivity contribution < 1.29 is 14.7 Å².